The Morgan fingerprint density at radius 2 is 1.95 bits per heavy atom. The van der Waals surface area contributed by atoms with Crippen LogP contribution in [0, 0.1) is 12.3 Å². The summed E-state index contributed by atoms with van der Waals surface area (Å²) in [4.78, 5) is 14.3. The maximum Gasteiger partial charge on any atom is 0.253 e. The van der Waals surface area contributed by atoms with Gasteiger partial charge in [0, 0.05) is 18.7 Å². The number of piperidine rings is 1. The highest BCUT2D eigenvalue weighted by Crippen LogP contribution is 2.23. The topological polar surface area (TPSA) is 20.3 Å². The number of rotatable bonds is 5. The molecule has 2 heteroatoms. The third kappa shape index (κ3) is 4.09. The van der Waals surface area contributed by atoms with Crippen molar-refractivity contribution in [3.63, 3.8) is 0 Å². The van der Waals surface area contributed by atoms with Gasteiger partial charge in [-0.05, 0) is 43.7 Å². The summed E-state index contributed by atoms with van der Waals surface area (Å²) in [6.45, 7) is 4.04. The molecule has 0 aromatic heterocycles. The lowest BCUT2D eigenvalue weighted by molar-refractivity contribution is 0.0700. The molecule has 1 heterocycles. The average Bonchev–Trinajstić information content (AvgIpc) is 2.48. The number of hydrogen-bond acceptors (Lipinski definition) is 1. The molecule has 1 aliphatic heterocycles. The van der Waals surface area contributed by atoms with E-state index in [-0.39, 0.29) is 5.91 Å². The lowest BCUT2D eigenvalue weighted by atomic mass is 9.91. The highest BCUT2D eigenvalue weighted by atomic mass is 16.2. The largest absolute Gasteiger partial charge is 0.339 e. The van der Waals surface area contributed by atoms with Crippen molar-refractivity contribution >= 4 is 5.91 Å². The van der Waals surface area contributed by atoms with E-state index in [1.165, 1.54) is 19.3 Å². The number of likely N-dealkylation sites (tertiary alicyclic amines) is 1. The highest BCUT2D eigenvalue weighted by Gasteiger charge is 2.23. The molecule has 1 aliphatic rings. The lowest BCUT2D eigenvalue weighted by Gasteiger charge is -2.32. The average molecular weight is 258 g/mol. The van der Waals surface area contributed by atoms with Crippen LogP contribution in [0.15, 0.2) is 30.3 Å². The van der Waals surface area contributed by atoms with E-state index in [1.807, 2.05) is 35.2 Å². The Hall–Kier alpha value is -1.31. The normalized spacial score (nSPS) is 16.6. The molecule has 1 radical (unpaired) electrons. The molecule has 0 bridgehead atoms. The van der Waals surface area contributed by atoms with E-state index in [0.29, 0.717) is 5.92 Å². The molecule has 1 saturated heterocycles. The Morgan fingerprint density at radius 3 is 2.58 bits per heavy atom. The van der Waals surface area contributed by atoms with Crippen LogP contribution < -0.4 is 0 Å². The van der Waals surface area contributed by atoms with Crippen molar-refractivity contribution in [2.24, 2.45) is 5.92 Å². The van der Waals surface area contributed by atoms with E-state index < -0.39 is 0 Å². The van der Waals surface area contributed by atoms with Gasteiger partial charge in [0.2, 0.25) is 0 Å². The zero-order chi connectivity index (χ0) is 13.5. The van der Waals surface area contributed by atoms with Gasteiger partial charge in [0.25, 0.3) is 5.91 Å². The van der Waals surface area contributed by atoms with Gasteiger partial charge in [0.05, 0.1) is 0 Å². The monoisotopic (exact) mass is 258 g/mol. The van der Waals surface area contributed by atoms with Crippen LogP contribution in [0.3, 0.4) is 0 Å². The number of benzene rings is 1. The predicted molar refractivity (Wildman–Crippen MR) is 78.9 cm³/mol. The lowest BCUT2D eigenvalue weighted by Crippen LogP contribution is -2.38. The third-order valence-electron chi connectivity index (χ3n) is 3.91. The van der Waals surface area contributed by atoms with Gasteiger partial charge in [-0.15, -0.1) is 0 Å². The highest BCUT2D eigenvalue weighted by molar-refractivity contribution is 5.94. The molecular weight excluding hydrogens is 234 g/mol. The summed E-state index contributed by atoms with van der Waals surface area (Å²) in [6.07, 6.45) is 8.51. The van der Waals surface area contributed by atoms with E-state index in [2.05, 4.69) is 13.3 Å². The number of amides is 1. The smallest absolute Gasteiger partial charge is 0.253 e. The van der Waals surface area contributed by atoms with Gasteiger partial charge in [0.15, 0.2) is 0 Å². The Kier molecular flexibility index (Phi) is 5.44. The van der Waals surface area contributed by atoms with Crippen molar-refractivity contribution < 1.29 is 4.79 Å². The Balaban J connectivity index is 1.78. The van der Waals surface area contributed by atoms with Crippen molar-refractivity contribution in [1.82, 2.24) is 4.90 Å². The van der Waals surface area contributed by atoms with Gasteiger partial charge in [-0.3, -0.25) is 4.79 Å². The summed E-state index contributed by atoms with van der Waals surface area (Å²) in [6, 6.07) is 9.62. The molecular formula is C17H24NO. The quantitative estimate of drug-likeness (QED) is 0.733. The van der Waals surface area contributed by atoms with E-state index in [4.69, 9.17) is 0 Å². The second-order valence-electron chi connectivity index (χ2n) is 5.37. The summed E-state index contributed by atoms with van der Waals surface area (Å²) in [5.74, 6) is 0.902. The number of carbonyl (C=O) groups excluding carboxylic acids is 1. The van der Waals surface area contributed by atoms with Crippen LogP contribution in [-0.2, 0) is 0 Å². The zero-order valence-electron chi connectivity index (χ0n) is 11.8. The molecule has 2 nitrogen and oxygen atoms in total. The maximum absolute atomic E-state index is 12.3. The standard InChI is InChI=1S/C17H24NO/c1-2-3-5-8-15-11-13-18(14-12-15)17(19)16-9-6-4-7-10-16/h4,6-10,15H,2-3,5,11-14H2,1H3. The first-order valence-electron chi connectivity index (χ1n) is 7.49. The molecule has 1 aromatic carbocycles. The number of nitrogens with zero attached hydrogens (tertiary/aromatic N) is 1. The summed E-state index contributed by atoms with van der Waals surface area (Å²) in [7, 11) is 0. The first kappa shape index (κ1) is 14.1. The summed E-state index contributed by atoms with van der Waals surface area (Å²) >= 11 is 0. The fraction of sp³-hybridized carbons (Fsp3) is 0.529. The molecule has 1 amide bonds. The zero-order valence-corrected chi connectivity index (χ0v) is 11.8. The van der Waals surface area contributed by atoms with Crippen molar-refractivity contribution in [2.75, 3.05) is 13.1 Å². The molecule has 0 aliphatic carbocycles. The van der Waals surface area contributed by atoms with Crippen LogP contribution in [0.4, 0.5) is 0 Å². The molecule has 1 fully saturated rings. The minimum atomic E-state index is 0.188. The van der Waals surface area contributed by atoms with E-state index in [1.54, 1.807) is 0 Å². The Morgan fingerprint density at radius 1 is 1.26 bits per heavy atom. The van der Waals surface area contributed by atoms with Crippen LogP contribution in [-0.4, -0.2) is 23.9 Å². The van der Waals surface area contributed by atoms with Crippen molar-refractivity contribution in [3.8, 4) is 0 Å². The molecule has 1 aromatic rings. The van der Waals surface area contributed by atoms with Crippen molar-refractivity contribution in [1.29, 1.82) is 0 Å². The van der Waals surface area contributed by atoms with E-state index >= 15 is 0 Å². The minimum Gasteiger partial charge on any atom is -0.339 e. The van der Waals surface area contributed by atoms with E-state index in [9.17, 15) is 4.79 Å². The van der Waals surface area contributed by atoms with Gasteiger partial charge >= 0.3 is 0 Å². The SMILES string of the molecule is CCCC[CH]C1CCN(C(=O)c2ccccc2)CC1. The molecule has 103 valence electrons. The Labute approximate surface area is 116 Å². The summed E-state index contributed by atoms with van der Waals surface area (Å²) in [5, 5.41) is 0. The third-order valence-corrected chi connectivity index (χ3v) is 3.91. The fourth-order valence-corrected chi connectivity index (χ4v) is 2.66. The molecule has 0 N–H and O–H groups in total. The van der Waals surface area contributed by atoms with Crippen molar-refractivity contribution in [2.45, 2.75) is 39.0 Å². The first-order valence-corrected chi connectivity index (χ1v) is 7.49. The molecule has 0 spiro atoms. The second kappa shape index (κ2) is 7.32. The van der Waals surface area contributed by atoms with Gasteiger partial charge in [-0.2, -0.15) is 0 Å². The molecule has 2 rings (SSSR count). The first-order chi connectivity index (χ1) is 9.31. The number of hydrogen-bond donors (Lipinski definition) is 0. The van der Waals surface area contributed by atoms with E-state index in [0.717, 1.165) is 31.5 Å². The van der Waals surface area contributed by atoms with Gasteiger partial charge in [-0.1, -0.05) is 38.0 Å². The maximum atomic E-state index is 12.3. The van der Waals surface area contributed by atoms with Crippen LogP contribution in [0.5, 0.6) is 0 Å². The fourth-order valence-electron chi connectivity index (χ4n) is 2.66. The number of carbonyl (C=O) groups is 1. The van der Waals surface area contributed by atoms with Crippen molar-refractivity contribution in [3.05, 3.63) is 42.3 Å². The predicted octanol–water partition coefficient (Wildman–Crippen LogP) is 3.93. The summed E-state index contributed by atoms with van der Waals surface area (Å²) < 4.78 is 0. The second-order valence-corrected chi connectivity index (χ2v) is 5.37. The van der Waals surface area contributed by atoms with Crippen LogP contribution in [0.1, 0.15) is 49.4 Å². The minimum absolute atomic E-state index is 0.188. The Bertz CT molecular complexity index is 380. The summed E-state index contributed by atoms with van der Waals surface area (Å²) in [5.41, 5.74) is 0.816. The molecule has 19 heavy (non-hydrogen) atoms. The molecule has 0 saturated carbocycles. The van der Waals surface area contributed by atoms with Gasteiger partial charge in [0.1, 0.15) is 0 Å². The van der Waals surface area contributed by atoms with Crippen LogP contribution in [0.25, 0.3) is 0 Å². The van der Waals surface area contributed by atoms with Gasteiger partial charge < -0.3 is 4.90 Å². The number of unbranched alkanes of at least 4 members (excludes halogenated alkanes) is 2. The van der Waals surface area contributed by atoms with Crippen LogP contribution >= 0.6 is 0 Å². The van der Waals surface area contributed by atoms with Gasteiger partial charge in [-0.25, -0.2) is 0 Å². The van der Waals surface area contributed by atoms with Crippen LogP contribution in [0.2, 0.25) is 0 Å². The molecule has 0 atom stereocenters. The molecule has 0 unspecified atom stereocenters.